The van der Waals surface area contributed by atoms with Crippen LogP contribution in [0.3, 0.4) is 0 Å². The van der Waals surface area contributed by atoms with Gasteiger partial charge in [-0.3, -0.25) is 4.79 Å². The highest BCUT2D eigenvalue weighted by Crippen LogP contribution is 2.37. The number of nitrogens with two attached hydrogens (primary N) is 1. The molecule has 0 saturated carbocycles. The van der Waals surface area contributed by atoms with Gasteiger partial charge in [-0.15, -0.1) is 0 Å². The first-order valence-electron chi connectivity index (χ1n) is 6.18. The SMILES string of the molecule is NC1C(=O)N(Cc2ccccc2F)c2ccc(Cl)cc21. The van der Waals surface area contributed by atoms with Crippen molar-refractivity contribution in [3.8, 4) is 0 Å². The maximum absolute atomic E-state index is 13.7. The van der Waals surface area contributed by atoms with E-state index in [0.717, 1.165) is 0 Å². The number of fused-ring (bicyclic) bond motifs is 1. The van der Waals surface area contributed by atoms with E-state index < -0.39 is 6.04 Å². The highest BCUT2D eigenvalue weighted by molar-refractivity contribution is 6.31. The number of anilines is 1. The minimum Gasteiger partial charge on any atom is -0.316 e. The summed E-state index contributed by atoms with van der Waals surface area (Å²) in [4.78, 5) is 13.7. The molecule has 0 bridgehead atoms. The fourth-order valence-electron chi connectivity index (χ4n) is 2.40. The van der Waals surface area contributed by atoms with Crippen molar-refractivity contribution < 1.29 is 9.18 Å². The Morgan fingerprint density at radius 2 is 2.00 bits per heavy atom. The van der Waals surface area contributed by atoms with E-state index in [1.807, 2.05) is 0 Å². The first kappa shape index (κ1) is 13.1. The molecule has 0 fully saturated rings. The molecule has 1 heterocycles. The molecule has 2 N–H and O–H groups in total. The highest BCUT2D eigenvalue weighted by atomic mass is 35.5. The molecular weight excluding hydrogens is 279 g/mol. The second-order valence-electron chi connectivity index (χ2n) is 4.70. The molecule has 1 unspecified atom stereocenters. The molecule has 2 aromatic carbocycles. The highest BCUT2D eigenvalue weighted by Gasteiger charge is 2.35. The smallest absolute Gasteiger partial charge is 0.248 e. The molecule has 1 amide bonds. The predicted molar refractivity (Wildman–Crippen MR) is 76.0 cm³/mol. The summed E-state index contributed by atoms with van der Waals surface area (Å²) in [5, 5.41) is 0.528. The van der Waals surface area contributed by atoms with E-state index in [4.69, 9.17) is 17.3 Å². The van der Waals surface area contributed by atoms with Gasteiger partial charge >= 0.3 is 0 Å². The van der Waals surface area contributed by atoms with Crippen LogP contribution in [-0.2, 0) is 11.3 Å². The van der Waals surface area contributed by atoms with Crippen LogP contribution in [0.25, 0.3) is 0 Å². The summed E-state index contributed by atoms with van der Waals surface area (Å²) in [5.74, 6) is -0.582. The van der Waals surface area contributed by atoms with Crippen LogP contribution in [0.4, 0.5) is 10.1 Å². The van der Waals surface area contributed by atoms with Crippen LogP contribution >= 0.6 is 11.6 Å². The molecule has 2 aromatic rings. The summed E-state index contributed by atoms with van der Waals surface area (Å²) in [5.41, 5.74) is 7.72. The zero-order valence-electron chi connectivity index (χ0n) is 10.5. The molecule has 0 aromatic heterocycles. The third kappa shape index (κ3) is 2.07. The van der Waals surface area contributed by atoms with Crippen LogP contribution < -0.4 is 10.6 Å². The lowest BCUT2D eigenvalue weighted by atomic mass is 10.1. The van der Waals surface area contributed by atoms with Gasteiger partial charge in [0.2, 0.25) is 5.91 Å². The summed E-state index contributed by atoms with van der Waals surface area (Å²) < 4.78 is 13.7. The van der Waals surface area contributed by atoms with Crippen molar-refractivity contribution in [1.82, 2.24) is 0 Å². The summed E-state index contributed by atoms with van der Waals surface area (Å²) in [6, 6.07) is 10.8. The lowest BCUT2D eigenvalue weighted by Gasteiger charge is -2.18. The maximum Gasteiger partial charge on any atom is 0.248 e. The number of hydrogen-bond donors (Lipinski definition) is 1. The molecule has 0 radical (unpaired) electrons. The fourth-order valence-corrected chi connectivity index (χ4v) is 2.58. The largest absolute Gasteiger partial charge is 0.316 e. The third-order valence-corrected chi connectivity index (χ3v) is 3.67. The number of rotatable bonds is 2. The molecule has 20 heavy (non-hydrogen) atoms. The van der Waals surface area contributed by atoms with E-state index in [9.17, 15) is 9.18 Å². The first-order chi connectivity index (χ1) is 9.58. The van der Waals surface area contributed by atoms with Crippen LogP contribution in [0, 0.1) is 5.82 Å². The summed E-state index contributed by atoms with van der Waals surface area (Å²) in [7, 11) is 0. The second-order valence-corrected chi connectivity index (χ2v) is 5.13. The van der Waals surface area contributed by atoms with Gasteiger partial charge < -0.3 is 10.6 Å². The van der Waals surface area contributed by atoms with Crippen LogP contribution in [0.5, 0.6) is 0 Å². The summed E-state index contributed by atoms with van der Waals surface area (Å²) >= 11 is 5.92. The third-order valence-electron chi connectivity index (χ3n) is 3.43. The molecule has 102 valence electrons. The molecule has 5 heteroatoms. The number of nitrogens with zero attached hydrogens (tertiary/aromatic N) is 1. The Labute approximate surface area is 120 Å². The number of benzene rings is 2. The van der Waals surface area contributed by atoms with Crippen molar-refractivity contribution in [2.75, 3.05) is 4.90 Å². The van der Waals surface area contributed by atoms with Gasteiger partial charge in [-0.2, -0.15) is 0 Å². The van der Waals surface area contributed by atoms with Gasteiger partial charge in [0.15, 0.2) is 0 Å². The molecule has 1 atom stereocenters. The van der Waals surface area contributed by atoms with E-state index >= 15 is 0 Å². The summed E-state index contributed by atoms with van der Waals surface area (Å²) in [6.07, 6.45) is 0. The minimum atomic E-state index is -0.740. The van der Waals surface area contributed by atoms with Crippen molar-refractivity contribution in [1.29, 1.82) is 0 Å². The number of halogens is 2. The van der Waals surface area contributed by atoms with Crippen LogP contribution in [-0.4, -0.2) is 5.91 Å². The van der Waals surface area contributed by atoms with Crippen molar-refractivity contribution in [3.05, 3.63) is 64.4 Å². The Kier molecular flexibility index (Phi) is 3.20. The monoisotopic (exact) mass is 290 g/mol. The van der Waals surface area contributed by atoms with Gasteiger partial charge in [-0.05, 0) is 24.3 Å². The molecule has 0 saturated heterocycles. The lowest BCUT2D eigenvalue weighted by molar-refractivity contribution is -0.119. The predicted octanol–water partition coefficient (Wildman–Crippen LogP) is 3.03. The van der Waals surface area contributed by atoms with E-state index in [2.05, 4.69) is 0 Å². The number of hydrogen-bond acceptors (Lipinski definition) is 2. The topological polar surface area (TPSA) is 46.3 Å². The van der Waals surface area contributed by atoms with Gasteiger partial charge in [0, 0.05) is 21.8 Å². The zero-order valence-corrected chi connectivity index (χ0v) is 11.3. The molecule has 3 rings (SSSR count). The average molecular weight is 291 g/mol. The Bertz CT molecular complexity index is 689. The van der Waals surface area contributed by atoms with Gasteiger partial charge in [-0.1, -0.05) is 29.8 Å². The molecule has 0 spiro atoms. The van der Waals surface area contributed by atoms with Crippen LogP contribution in [0.2, 0.25) is 5.02 Å². The Morgan fingerprint density at radius 3 is 2.75 bits per heavy atom. The number of amides is 1. The molecular formula is C15H12ClFN2O. The van der Waals surface area contributed by atoms with E-state index in [1.165, 1.54) is 11.0 Å². The normalized spacial score (nSPS) is 17.4. The molecule has 3 nitrogen and oxygen atoms in total. The van der Waals surface area contributed by atoms with Gasteiger partial charge in [0.25, 0.3) is 0 Å². The number of carbonyl (C=O) groups is 1. The average Bonchev–Trinajstić information content (AvgIpc) is 2.66. The quantitative estimate of drug-likeness (QED) is 0.924. The summed E-state index contributed by atoms with van der Waals surface area (Å²) in [6.45, 7) is 0.161. The molecule has 0 aliphatic carbocycles. The van der Waals surface area contributed by atoms with Crippen molar-refractivity contribution in [2.45, 2.75) is 12.6 Å². The second kappa shape index (κ2) is 4.89. The Balaban J connectivity index is 2.00. The van der Waals surface area contributed by atoms with Gasteiger partial charge in [0.05, 0.1) is 6.54 Å². The maximum atomic E-state index is 13.7. The van der Waals surface area contributed by atoms with E-state index in [1.54, 1.807) is 36.4 Å². The molecule has 1 aliphatic rings. The Hall–Kier alpha value is -1.91. The van der Waals surface area contributed by atoms with Crippen molar-refractivity contribution in [3.63, 3.8) is 0 Å². The van der Waals surface area contributed by atoms with Crippen LogP contribution in [0.1, 0.15) is 17.2 Å². The van der Waals surface area contributed by atoms with Gasteiger partial charge in [-0.25, -0.2) is 4.39 Å². The fraction of sp³-hybridized carbons (Fsp3) is 0.133. The minimum absolute atomic E-state index is 0.161. The molecule has 1 aliphatic heterocycles. The first-order valence-corrected chi connectivity index (χ1v) is 6.55. The van der Waals surface area contributed by atoms with E-state index in [0.29, 0.717) is 21.8 Å². The van der Waals surface area contributed by atoms with Crippen molar-refractivity contribution >= 4 is 23.2 Å². The van der Waals surface area contributed by atoms with E-state index in [-0.39, 0.29) is 18.3 Å². The lowest BCUT2D eigenvalue weighted by Crippen LogP contribution is -2.31. The standard InChI is InChI=1S/C15H12ClFN2O/c16-10-5-6-13-11(7-10)14(18)15(20)19(13)8-9-3-1-2-4-12(9)17/h1-7,14H,8,18H2. The zero-order chi connectivity index (χ0) is 14.3. The van der Waals surface area contributed by atoms with Crippen molar-refractivity contribution in [2.24, 2.45) is 5.73 Å². The number of carbonyl (C=O) groups excluding carboxylic acids is 1. The van der Waals surface area contributed by atoms with Crippen LogP contribution in [0.15, 0.2) is 42.5 Å². The Morgan fingerprint density at radius 1 is 1.25 bits per heavy atom. The van der Waals surface area contributed by atoms with Gasteiger partial charge in [0.1, 0.15) is 11.9 Å².